The van der Waals surface area contributed by atoms with Gasteiger partial charge in [-0.2, -0.15) is 0 Å². The highest BCUT2D eigenvalue weighted by atomic mass is 16.2. The lowest BCUT2D eigenvalue weighted by molar-refractivity contribution is -0.130. The molecule has 0 unspecified atom stereocenters. The largest absolute Gasteiger partial charge is 0.340 e. The Morgan fingerprint density at radius 3 is 2.58 bits per heavy atom. The van der Waals surface area contributed by atoms with Gasteiger partial charge in [0.1, 0.15) is 0 Å². The molecule has 2 nitrogen and oxygen atoms in total. The Kier molecular flexibility index (Phi) is 3.12. The average Bonchev–Trinajstić information content (AvgIpc) is 2.85. The standard InChI is InChI=1S/C8H13NO.C2H6/c1-6(10)9-4-2-3-7-5-8(7)9;1-2/h7-8H,2-5H2,1H3;1-2H3/t7-,8+;/m0./s1. The zero-order chi connectivity index (χ0) is 9.14. The van der Waals surface area contributed by atoms with Gasteiger partial charge in [-0.3, -0.25) is 4.79 Å². The van der Waals surface area contributed by atoms with Crippen LogP contribution in [0, 0.1) is 5.92 Å². The minimum absolute atomic E-state index is 0.271. The van der Waals surface area contributed by atoms with Crippen molar-refractivity contribution in [3.8, 4) is 0 Å². The van der Waals surface area contributed by atoms with Crippen LogP contribution in [0.5, 0.6) is 0 Å². The molecule has 12 heavy (non-hydrogen) atoms. The van der Waals surface area contributed by atoms with E-state index in [0.29, 0.717) is 6.04 Å². The van der Waals surface area contributed by atoms with Crippen LogP contribution in [-0.2, 0) is 4.79 Å². The summed E-state index contributed by atoms with van der Waals surface area (Å²) in [6.07, 6.45) is 3.86. The summed E-state index contributed by atoms with van der Waals surface area (Å²) in [5.41, 5.74) is 0. The molecule has 1 aliphatic carbocycles. The molecule has 2 aliphatic rings. The number of fused-ring (bicyclic) bond motifs is 1. The molecule has 1 amide bonds. The molecule has 0 spiro atoms. The second-order valence-corrected chi connectivity index (χ2v) is 3.42. The quantitative estimate of drug-likeness (QED) is 0.543. The summed E-state index contributed by atoms with van der Waals surface area (Å²) in [7, 11) is 0. The summed E-state index contributed by atoms with van der Waals surface area (Å²) in [5, 5.41) is 0. The number of rotatable bonds is 0. The zero-order valence-corrected chi connectivity index (χ0v) is 8.34. The first kappa shape index (κ1) is 9.56. The number of carbonyl (C=O) groups is 1. The Balaban J connectivity index is 0.000000336. The molecule has 1 saturated carbocycles. The van der Waals surface area contributed by atoms with Crippen LogP contribution in [0.3, 0.4) is 0 Å². The summed E-state index contributed by atoms with van der Waals surface area (Å²) in [4.78, 5) is 13.0. The first-order chi connectivity index (χ1) is 5.79. The molecule has 2 heteroatoms. The van der Waals surface area contributed by atoms with Crippen molar-refractivity contribution in [2.24, 2.45) is 5.92 Å². The van der Waals surface area contributed by atoms with Crippen molar-refractivity contribution >= 4 is 5.91 Å². The van der Waals surface area contributed by atoms with Gasteiger partial charge in [0.2, 0.25) is 5.91 Å². The molecule has 0 aromatic heterocycles. The van der Waals surface area contributed by atoms with Crippen LogP contribution >= 0.6 is 0 Å². The predicted octanol–water partition coefficient (Wildman–Crippen LogP) is 2.04. The molecule has 0 bridgehead atoms. The third kappa shape index (κ3) is 1.79. The van der Waals surface area contributed by atoms with E-state index in [9.17, 15) is 4.79 Å². The molecule has 2 fully saturated rings. The molecule has 2 rings (SSSR count). The van der Waals surface area contributed by atoms with Crippen molar-refractivity contribution in [1.82, 2.24) is 4.90 Å². The third-order valence-electron chi connectivity index (χ3n) is 2.66. The van der Waals surface area contributed by atoms with Gasteiger partial charge in [-0.25, -0.2) is 0 Å². The summed E-state index contributed by atoms with van der Waals surface area (Å²) in [6.45, 7) is 6.69. The van der Waals surface area contributed by atoms with Crippen LogP contribution in [0.1, 0.15) is 40.0 Å². The van der Waals surface area contributed by atoms with Gasteiger partial charge in [0.15, 0.2) is 0 Å². The fraction of sp³-hybridized carbons (Fsp3) is 0.900. The lowest BCUT2D eigenvalue weighted by Crippen LogP contribution is -2.35. The van der Waals surface area contributed by atoms with E-state index in [1.807, 2.05) is 18.7 Å². The Hall–Kier alpha value is -0.530. The van der Waals surface area contributed by atoms with Crippen LogP contribution in [0.25, 0.3) is 0 Å². The first-order valence-corrected chi connectivity index (χ1v) is 5.06. The molecule has 0 aromatic carbocycles. The normalized spacial score (nSPS) is 31.4. The van der Waals surface area contributed by atoms with E-state index in [-0.39, 0.29) is 5.91 Å². The number of hydrogen-bond donors (Lipinski definition) is 0. The van der Waals surface area contributed by atoms with Crippen LogP contribution in [0.15, 0.2) is 0 Å². The van der Waals surface area contributed by atoms with E-state index < -0.39 is 0 Å². The number of likely N-dealkylation sites (tertiary alicyclic amines) is 1. The second-order valence-electron chi connectivity index (χ2n) is 3.42. The lowest BCUT2D eigenvalue weighted by atomic mass is 10.1. The molecule has 1 saturated heterocycles. The zero-order valence-electron chi connectivity index (χ0n) is 8.34. The van der Waals surface area contributed by atoms with Gasteiger partial charge in [0, 0.05) is 19.5 Å². The van der Waals surface area contributed by atoms with E-state index in [0.717, 1.165) is 12.5 Å². The highest BCUT2D eigenvalue weighted by Crippen LogP contribution is 2.42. The number of hydrogen-bond acceptors (Lipinski definition) is 1. The first-order valence-electron chi connectivity index (χ1n) is 5.06. The van der Waals surface area contributed by atoms with E-state index in [4.69, 9.17) is 0 Å². The Morgan fingerprint density at radius 2 is 2.08 bits per heavy atom. The maximum absolute atomic E-state index is 11.0. The van der Waals surface area contributed by atoms with E-state index in [1.54, 1.807) is 6.92 Å². The fourth-order valence-corrected chi connectivity index (χ4v) is 2.00. The van der Waals surface area contributed by atoms with Gasteiger partial charge in [-0.05, 0) is 25.2 Å². The predicted molar refractivity (Wildman–Crippen MR) is 49.9 cm³/mol. The monoisotopic (exact) mass is 169 g/mol. The highest BCUT2D eigenvalue weighted by Gasteiger charge is 2.44. The van der Waals surface area contributed by atoms with E-state index >= 15 is 0 Å². The Morgan fingerprint density at radius 1 is 1.42 bits per heavy atom. The van der Waals surface area contributed by atoms with Gasteiger partial charge in [-0.15, -0.1) is 0 Å². The van der Waals surface area contributed by atoms with E-state index in [2.05, 4.69) is 0 Å². The molecular formula is C10H19NO. The van der Waals surface area contributed by atoms with Crippen LogP contribution in [0.4, 0.5) is 0 Å². The highest BCUT2D eigenvalue weighted by molar-refractivity contribution is 5.74. The molecular weight excluding hydrogens is 150 g/mol. The maximum Gasteiger partial charge on any atom is 0.219 e. The number of amides is 1. The van der Waals surface area contributed by atoms with Crippen LogP contribution in [0.2, 0.25) is 0 Å². The molecule has 1 aliphatic heterocycles. The van der Waals surface area contributed by atoms with Crippen LogP contribution < -0.4 is 0 Å². The van der Waals surface area contributed by atoms with Gasteiger partial charge in [0.05, 0.1) is 0 Å². The summed E-state index contributed by atoms with van der Waals surface area (Å²) < 4.78 is 0. The smallest absolute Gasteiger partial charge is 0.219 e. The molecule has 0 aromatic rings. The Bertz CT molecular complexity index is 167. The molecule has 2 atom stereocenters. The molecule has 0 radical (unpaired) electrons. The average molecular weight is 169 g/mol. The number of carbonyl (C=O) groups excluding carboxylic acids is 1. The van der Waals surface area contributed by atoms with Crippen molar-refractivity contribution < 1.29 is 4.79 Å². The topological polar surface area (TPSA) is 20.3 Å². The molecule has 0 N–H and O–H groups in total. The van der Waals surface area contributed by atoms with Crippen molar-refractivity contribution in [3.63, 3.8) is 0 Å². The lowest BCUT2D eigenvalue weighted by Gasteiger charge is -2.24. The van der Waals surface area contributed by atoms with Crippen molar-refractivity contribution in [3.05, 3.63) is 0 Å². The van der Waals surface area contributed by atoms with Gasteiger partial charge >= 0.3 is 0 Å². The van der Waals surface area contributed by atoms with E-state index in [1.165, 1.54) is 19.3 Å². The summed E-state index contributed by atoms with van der Waals surface area (Å²) in [6, 6.07) is 0.645. The Labute approximate surface area is 74.9 Å². The minimum Gasteiger partial charge on any atom is -0.340 e. The number of piperidine rings is 1. The van der Waals surface area contributed by atoms with Crippen LogP contribution in [-0.4, -0.2) is 23.4 Å². The second kappa shape index (κ2) is 3.92. The van der Waals surface area contributed by atoms with Gasteiger partial charge in [0.25, 0.3) is 0 Å². The summed E-state index contributed by atoms with van der Waals surface area (Å²) >= 11 is 0. The van der Waals surface area contributed by atoms with Gasteiger partial charge < -0.3 is 4.90 Å². The van der Waals surface area contributed by atoms with Crippen molar-refractivity contribution in [2.75, 3.05) is 6.54 Å². The van der Waals surface area contributed by atoms with Crippen molar-refractivity contribution in [1.29, 1.82) is 0 Å². The fourth-order valence-electron chi connectivity index (χ4n) is 2.00. The van der Waals surface area contributed by atoms with Gasteiger partial charge in [-0.1, -0.05) is 13.8 Å². The SMILES string of the molecule is CC.CC(=O)N1CCC[C@H]2C[C@H]21. The minimum atomic E-state index is 0.271. The summed E-state index contributed by atoms with van der Waals surface area (Å²) in [5.74, 6) is 1.14. The maximum atomic E-state index is 11.0. The van der Waals surface area contributed by atoms with Crippen molar-refractivity contribution in [2.45, 2.75) is 46.1 Å². The third-order valence-corrected chi connectivity index (χ3v) is 2.66. The molecule has 1 heterocycles. The number of nitrogens with zero attached hydrogens (tertiary/aromatic N) is 1. The molecule has 70 valence electrons.